The zero-order valence-electron chi connectivity index (χ0n) is 15.1. The van der Waals surface area contributed by atoms with Crippen LogP contribution < -0.4 is 0 Å². The molecule has 0 aromatic heterocycles. The van der Waals surface area contributed by atoms with Gasteiger partial charge in [-0.05, 0) is 44.3 Å². The van der Waals surface area contributed by atoms with Crippen LogP contribution in [0.2, 0.25) is 0 Å². The van der Waals surface area contributed by atoms with Crippen molar-refractivity contribution in [1.82, 2.24) is 0 Å². The molecule has 0 amide bonds. The van der Waals surface area contributed by atoms with E-state index in [1.807, 2.05) is 13.8 Å². The summed E-state index contributed by atoms with van der Waals surface area (Å²) in [6.07, 6.45) is 7.45. The van der Waals surface area contributed by atoms with Gasteiger partial charge < -0.3 is 9.84 Å². The molecule has 0 aliphatic heterocycles. The lowest BCUT2D eigenvalue weighted by Crippen LogP contribution is -2.38. The molecule has 23 heavy (non-hydrogen) atoms. The molecule has 2 atom stereocenters. The first kappa shape index (κ1) is 19.9. The van der Waals surface area contributed by atoms with E-state index in [2.05, 4.69) is 11.7 Å². The molecule has 0 saturated carbocycles. The van der Waals surface area contributed by atoms with Gasteiger partial charge in [-0.1, -0.05) is 39.0 Å². The van der Waals surface area contributed by atoms with Crippen LogP contribution in [0.4, 0.5) is 0 Å². The maximum atomic E-state index is 12.4. The van der Waals surface area contributed by atoms with Gasteiger partial charge in [0, 0.05) is 6.42 Å². The van der Waals surface area contributed by atoms with E-state index < -0.39 is 5.60 Å². The lowest BCUT2D eigenvalue weighted by Gasteiger charge is -2.31. The molecule has 0 spiro atoms. The highest BCUT2D eigenvalue weighted by molar-refractivity contribution is 6.01. The van der Waals surface area contributed by atoms with Gasteiger partial charge in [0.25, 0.3) is 0 Å². The fourth-order valence-corrected chi connectivity index (χ4v) is 3.51. The molecule has 4 nitrogen and oxygen atoms in total. The van der Waals surface area contributed by atoms with Gasteiger partial charge in [0.2, 0.25) is 0 Å². The maximum absolute atomic E-state index is 12.4. The summed E-state index contributed by atoms with van der Waals surface area (Å²) in [4.78, 5) is 23.5. The number of hydrogen-bond donors (Lipinski definition) is 1. The van der Waals surface area contributed by atoms with Crippen LogP contribution in [-0.4, -0.2) is 29.6 Å². The van der Waals surface area contributed by atoms with Crippen molar-refractivity contribution >= 4 is 11.8 Å². The second-order valence-electron chi connectivity index (χ2n) is 6.72. The van der Waals surface area contributed by atoms with E-state index in [1.54, 1.807) is 0 Å². The van der Waals surface area contributed by atoms with Gasteiger partial charge in [-0.2, -0.15) is 0 Å². The summed E-state index contributed by atoms with van der Waals surface area (Å²) in [7, 11) is 1.41. The van der Waals surface area contributed by atoms with Crippen molar-refractivity contribution in [3.63, 3.8) is 0 Å². The van der Waals surface area contributed by atoms with E-state index in [-0.39, 0.29) is 17.7 Å². The number of Topliss-reactive ketones (excluding diaryl/α,β-unsaturated/α-hetero) is 1. The Bertz CT molecular complexity index is 452. The minimum Gasteiger partial charge on any atom is -0.469 e. The maximum Gasteiger partial charge on any atom is 0.305 e. The summed E-state index contributed by atoms with van der Waals surface area (Å²) in [5, 5.41) is 11.1. The monoisotopic (exact) mass is 324 g/mol. The number of allylic oxidation sites excluding steroid dienone is 1. The van der Waals surface area contributed by atoms with Gasteiger partial charge in [0.1, 0.15) is 0 Å². The second-order valence-corrected chi connectivity index (χ2v) is 6.72. The van der Waals surface area contributed by atoms with Crippen LogP contribution in [-0.2, 0) is 14.3 Å². The number of ketones is 1. The number of carbonyl (C=O) groups excluding carboxylic acids is 2. The number of aliphatic hydroxyl groups is 1. The number of rotatable bonds is 10. The molecule has 0 fully saturated rings. The number of carbonyl (C=O) groups is 2. The van der Waals surface area contributed by atoms with Crippen molar-refractivity contribution < 1.29 is 19.4 Å². The number of ether oxygens (including phenoxy) is 1. The van der Waals surface area contributed by atoms with Crippen molar-refractivity contribution in [3.05, 3.63) is 11.1 Å². The Morgan fingerprint density at radius 3 is 2.43 bits per heavy atom. The molecule has 1 aliphatic rings. The first-order chi connectivity index (χ1) is 10.9. The first-order valence-electron chi connectivity index (χ1n) is 8.89. The number of unbranched alkanes of at least 4 members (excludes halogenated alkanes) is 4. The number of methoxy groups -OCH3 is 1. The lowest BCUT2D eigenvalue weighted by molar-refractivity contribution is -0.140. The molecule has 0 heterocycles. The van der Waals surface area contributed by atoms with Crippen LogP contribution in [0.3, 0.4) is 0 Å². The predicted octanol–water partition coefficient (Wildman–Crippen LogP) is 3.96. The van der Waals surface area contributed by atoms with Gasteiger partial charge in [-0.15, -0.1) is 0 Å². The third kappa shape index (κ3) is 4.90. The van der Waals surface area contributed by atoms with Crippen molar-refractivity contribution in [2.75, 3.05) is 7.11 Å². The summed E-state index contributed by atoms with van der Waals surface area (Å²) in [6, 6.07) is 0. The van der Waals surface area contributed by atoms with E-state index in [4.69, 9.17) is 0 Å². The van der Waals surface area contributed by atoms with Crippen molar-refractivity contribution in [2.45, 2.75) is 84.2 Å². The first-order valence-corrected chi connectivity index (χ1v) is 8.89. The van der Waals surface area contributed by atoms with E-state index in [0.29, 0.717) is 12.8 Å². The highest BCUT2D eigenvalue weighted by atomic mass is 16.5. The summed E-state index contributed by atoms with van der Waals surface area (Å²) in [5.74, 6) is -0.305. The van der Waals surface area contributed by atoms with Crippen LogP contribution in [0, 0.1) is 5.92 Å². The Labute approximate surface area is 140 Å². The minimum absolute atomic E-state index is 0.129. The Hall–Kier alpha value is -1.16. The fourth-order valence-electron chi connectivity index (χ4n) is 3.51. The van der Waals surface area contributed by atoms with E-state index in [1.165, 1.54) is 7.11 Å². The van der Waals surface area contributed by atoms with Crippen LogP contribution in [0.1, 0.15) is 78.6 Å². The van der Waals surface area contributed by atoms with Crippen molar-refractivity contribution in [2.24, 2.45) is 5.92 Å². The number of hydrogen-bond acceptors (Lipinski definition) is 4. The molecule has 2 unspecified atom stereocenters. The number of esters is 1. The Morgan fingerprint density at radius 1 is 1.17 bits per heavy atom. The molecule has 1 rings (SSSR count). The van der Waals surface area contributed by atoms with Gasteiger partial charge in [0.15, 0.2) is 5.78 Å². The highest BCUT2D eigenvalue weighted by Gasteiger charge is 2.48. The summed E-state index contributed by atoms with van der Waals surface area (Å²) < 4.78 is 4.62. The van der Waals surface area contributed by atoms with Crippen LogP contribution in [0.25, 0.3) is 0 Å². The molecule has 0 saturated heterocycles. The average Bonchev–Trinajstić information content (AvgIpc) is 2.70. The highest BCUT2D eigenvalue weighted by Crippen LogP contribution is 2.43. The Balaban J connectivity index is 2.50. The van der Waals surface area contributed by atoms with E-state index in [9.17, 15) is 14.7 Å². The molecule has 1 aliphatic carbocycles. The molecule has 0 aromatic carbocycles. The molecular formula is C19H32O4. The zero-order chi connectivity index (χ0) is 17.5. The van der Waals surface area contributed by atoms with Crippen LogP contribution in [0.15, 0.2) is 11.1 Å². The largest absolute Gasteiger partial charge is 0.469 e. The third-order valence-electron chi connectivity index (χ3n) is 5.24. The third-order valence-corrected chi connectivity index (χ3v) is 5.24. The molecule has 0 bridgehead atoms. The summed E-state index contributed by atoms with van der Waals surface area (Å²) >= 11 is 0. The summed E-state index contributed by atoms with van der Waals surface area (Å²) in [5.41, 5.74) is 0.649. The predicted molar refractivity (Wildman–Crippen MR) is 91.1 cm³/mol. The molecule has 4 heteroatoms. The normalized spacial score (nSPS) is 24.4. The zero-order valence-corrected chi connectivity index (χ0v) is 15.1. The molecular weight excluding hydrogens is 292 g/mol. The Kier molecular flexibility index (Phi) is 7.97. The quantitative estimate of drug-likeness (QED) is 0.488. The SMILES string of the molecule is CCCCC1C(=O)C(C)=C(C)C1(O)CCCCCCC(=O)OC. The molecule has 132 valence electrons. The second kappa shape index (κ2) is 9.21. The molecule has 1 N–H and O–H groups in total. The molecule has 0 radical (unpaired) electrons. The minimum atomic E-state index is -0.960. The topological polar surface area (TPSA) is 63.6 Å². The van der Waals surface area contributed by atoms with Gasteiger partial charge in [-0.3, -0.25) is 9.59 Å². The fraction of sp³-hybridized carbons (Fsp3) is 0.789. The van der Waals surface area contributed by atoms with Crippen LogP contribution in [0.5, 0.6) is 0 Å². The van der Waals surface area contributed by atoms with Gasteiger partial charge in [0.05, 0.1) is 18.6 Å². The molecule has 0 aromatic rings. The van der Waals surface area contributed by atoms with Crippen molar-refractivity contribution in [3.8, 4) is 0 Å². The van der Waals surface area contributed by atoms with Crippen molar-refractivity contribution in [1.29, 1.82) is 0 Å². The van der Waals surface area contributed by atoms with E-state index in [0.717, 1.165) is 56.1 Å². The van der Waals surface area contributed by atoms with E-state index >= 15 is 0 Å². The van der Waals surface area contributed by atoms with Gasteiger partial charge >= 0.3 is 5.97 Å². The smallest absolute Gasteiger partial charge is 0.305 e. The van der Waals surface area contributed by atoms with Gasteiger partial charge in [-0.25, -0.2) is 0 Å². The summed E-state index contributed by atoms with van der Waals surface area (Å²) in [6.45, 7) is 5.84. The Morgan fingerprint density at radius 2 is 1.83 bits per heavy atom. The lowest BCUT2D eigenvalue weighted by atomic mass is 9.79. The van der Waals surface area contributed by atoms with Crippen LogP contribution >= 0.6 is 0 Å². The standard InChI is InChI=1S/C19H32O4/c1-5-6-11-16-18(21)14(2)15(3)19(16,22)13-10-8-7-9-12-17(20)23-4/h16,22H,5-13H2,1-4H3. The average molecular weight is 324 g/mol.